The van der Waals surface area contributed by atoms with Gasteiger partial charge in [0.1, 0.15) is 5.75 Å². The molecule has 31 heavy (non-hydrogen) atoms. The molecule has 4 aromatic rings. The third-order valence-corrected chi connectivity index (χ3v) is 5.45. The maximum Gasteiger partial charge on any atom is 0.434 e. The summed E-state index contributed by atoms with van der Waals surface area (Å²) in [5.74, 6) is -0.286. The van der Waals surface area contributed by atoms with Crippen molar-refractivity contribution in [1.29, 1.82) is 0 Å². The SMILES string of the molecule is CCOc1ccc2nc(NC(=O)c3cnn(-c4ccccc4C)c3C(F)(F)F)sc2c1. The van der Waals surface area contributed by atoms with E-state index in [1.54, 1.807) is 43.3 Å². The van der Waals surface area contributed by atoms with E-state index in [4.69, 9.17) is 4.74 Å². The first-order chi connectivity index (χ1) is 14.8. The number of fused-ring (bicyclic) bond motifs is 1. The van der Waals surface area contributed by atoms with E-state index in [0.717, 1.165) is 26.9 Å². The predicted octanol–water partition coefficient (Wildman–Crippen LogP) is 5.46. The van der Waals surface area contributed by atoms with Crippen molar-refractivity contribution in [3.8, 4) is 11.4 Å². The Labute approximate surface area is 179 Å². The Morgan fingerprint density at radius 3 is 2.71 bits per heavy atom. The molecule has 6 nitrogen and oxygen atoms in total. The van der Waals surface area contributed by atoms with Crippen LogP contribution in [0.1, 0.15) is 28.5 Å². The van der Waals surface area contributed by atoms with E-state index in [0.29, 0.717) is 23.4 Å². The number of benzene rings is 2. The largest absolute Gasteiger partial charge is 0.494 e. The Morgan fingerprint density at radius 2 is 2.00 bits per heavy atom. The molecular formula is C21H17F3N4O2S. The number of aryl methyl sites for hydroxylation is 1. The van der Waals surface area contributed by atoms with Crippen LogP contribution in [0.2, 0.25) is 0 Å². The van der Waals surface area contributed by atoms with Gasteiger partial charge >= 0.3 is 6.18 Å². The summed E-state index contributed by atoms with van der Waals surface area (Å²) in [6.45, 7) is 4.03. The number of amides is 1. The fourth-order valence-electron chi connectivity index (χ4n) is 3.15. The van der Waals surface area contributed by atoms with Crippen LogP contribution in [0.15, 0.2) is 48.7 Å². The number of carbonyl (C=O) groups excluding carboxylic acids is 1. The second kappa shape index (κ2) is 8.03. The van der Waals surface area contributed by atoms with Crippen LogP contribution < -0.4 is 10.1 Å². The van der Waals surface area contributed by atoms with Crippen molar-refractivity contribution in [3.05, 3.63) is 65.5 Å². The number of anilines is 1. The fourth-order valence-corrected chi connectivity index (χ4v) is 4.04. The van der Waals surface area contributed by atoms with Crippen LogP contribution in [0.5, 0.6) is 5.75 Å². The number of aromatic nitrogens is 3. The third-order valence-electron chi connectivity index (χ3n) is 4.52. The Morgan fingerprint density at radius 1 is 1.23 bits per heavy atom. The molecule has 4 rings (SSSR count). The van der Waals surface area contributed by atoms with Gasteiger partial charge in [-0.2, -0.15) is 18.3 Å². The Hall–Kier alpha value is -3.40. The smallest absolute Gasteiger partial charge is 0.434 e. The van der Waals surface area contributed by atoms with Crippen molar-refractivity contribution in [2.24, 2.45) is 0 Å². The number of nitrogens with one attached hydrogen (secondary N) is 1. The summed E-state index contributed by atoms with van der Waals surface area (Å²) in [6, 6.07) is 11.8. The number of rotatable bonds is 5. The molecule has 0 aliphatic heterocycles. The third kappa shape index (κ3) is 4.11. The van der Waals surface area contributed by atoms with E-state index in [-0.39, 0.29) is 10.8 Å². The van der Waals surface area contributed by atoms with E-state index >= 15 is 0 Å². The van der Waals surface area contributed by atoms with Gasteiger partial charge in [0.05, 0.1) is 34.3 Å². The fraction of sp³-hybridized carbons (Fsp3) is 0.190. The minimum absolute atomic E-state index is 0.186. The van der Waals surface area contributed by atoms with E-state index in [1.807, 2.05) is 6.92 Å². The average Bonchev–Trinajstić information content (AvgIpc) is 3.32. The van der Waals surface area contributed by atoms with E-state index in [2.05, 4.69) is 15.4 Å². The number of hydrogen-bond acceptors (Lipinski definition) is 5. The highest BCUT2D eigenvalue weighted by Crippen LogP contribution is 2.35. The van der Waals surface area contributed by atoms with Crippen LogP contribution in [0.3, 0.4) is 0 Å². The number of alkyl halides is 3. The molecule has 0 spiro atoms. The number of nitrogens with zero attached hydrogens (tertiary/aromatic N) is 3. The van der Waals surface area contributed by atoms with Crippen molar-refractivity contribution < 1.29 is 22.7 Å². The minimum Gasteiger partial charge on any atom is -0.494 e. The molecule has 0 saturated heterocycles. The molecule has 1 N–H and O–H groups in total. The number of para-hydroxylation sites is 1. The first-order valence-corrected chi connectivity index (χ1v) is 10.2. The van der Waals surface area contributed by atoms with Crippen molar-refractivity contribution in [2.45, 2.75) is 20.0 Å². The lowest BCUT2D eigenvalue weighted by Gasteiger charge is -2.14. The summed E-state index contributed by atoms with van der Waals surface area (Å²) in [4.78, 5) is 17.0. The summed E-state index contributed by atoms with van der Waals surface area (Å²) in [5.41, 5.74) is -0.267. The lowest BCUT2D eigenvalue weighted by atomic mass is 10.2. The summed E-state index contributed by atoms with van der Waals surface area (Å²) < 4.78 is 48.6. The van der Waals surface area contributed by atoms with Gasteiger partial charge in [0.15, 0.2) is 10.8 Å². The molecule has 2 heterocycles. The number of ether oxygens (including phenoxy) is 1. The van der Waals surface area contributed by atoms with Crippen molar-refractivity contribution in [3.63, 3.8) is 0 Å². The molecule has 2 aromatic heterocycles. The molecule has 10 heteroatoms. The molecule has 2 aromatic carbocycles. The van der Waals surface area contributed by atoms with E-state index in [9.17, 15) is 18.0 Å². The van der Waals surface area contributed by atoms with Crippen molar-refractivity contribution in [2.75, 3.05) is 11.9 Å². The lowest BCUT2D eigenvalue weighted by molar-refractivity contribution is -0.143. The topological polar surface area (TPSA) is 69.0 Å². The molecule has 0 bridgehead atoms. The second-order valence-corrected chi connectivity index (χ2v) is 7.67. The predicted molar refractivity (Wildman–Crippen MR) is 112 cm³/mol. The Kier molecular flexibility index (Phi) is 5.40. The summed E-state index contributed by atoms with van der Waals surface area (Å²) in [7, 11) is 0. The summed E-state index contributed by atoms with van der Waals surface area (Å²) in [5, 5.41) is 6.50. The quantitative estimate of drug-likeness (QED) is 0.442. The van der Waals surface area contributed by atoms with Crippen LogP contribution in [0.4, 0.5) is 18.3 Å². The normalized spacial score (nSPS) is 11.6. The van der Waals surface area contributed by atoms with Crippen molar-refractivity contribution >= 4 is 32.6 Å². The van der Waals surface area contributed by atoms with E-state index in [1.165, 1.54) is 6.07 Å². The van der Waals surface area contributed by atoms with Gasteiger partial charge in [-0.05, 0) is 43.7 Å². The summed E-state index contributed by atoms with van der Waals surface area (Å²) in [6.07, 6.45) is -3.86. The highest BCUT2D eigenvalue weighted by Gasteiger charge is 2.41. The summed E-state index contributed by atoms with van der Waals surface area (Å²) >= 11 is 1.15. The maximum absolute atomic E-state index is 13.9. The monoisotopic (exact) mass is 446 g/mol. The molecule has 0 radical (unpaired) electrons. The van der Waals surface area contributed by atoms with Crippen molar-refractivity contribution in [1.82, 2.24) is 14.8 Å². The molecule has 0 unspecified atom stereocenters. The van der Waals surface area contributed by atoms with E-state index < -0.39 is 23.3 Å². The molecule has 0 fully saturated rings. The number of thiazole rings is 1. The van der Waals surface area contributed by atoms with Gasteiger partial charge in [-0.25, -0.2) is 9.67 Å². The number of hydrogen-bond donors (Lipinski definition) is 1. The van der Waals surface area contributed by atoms with Gasteiger partial charge in [0.25, 0.3) is 5.91 Å². The van der Waals surface area contributed by atoms with Crippen LogP contribution in [0, 0.1) is 6.92 Å². The maximum atomic E-state index is 13.9. The average molecular weight is 446 g/mol. The first-order valence-electron chi connectivity index (χ1n) is 9.34. The number of halogens is 3. The Bertz CT molecular complexity index is 1260. The molecule has 1 amide bonds. The molecule has 0 aliphatic carbocycles. The lowest BCUT2D eigenvalue weighted by Crippen LogP contribution is -2.21. The molecular weight excluding hydrogens is 429 g/mol. The van der Waals surface area contributed by atoms with Crippen LogP contribution in [-0.4, -0.2) is 27.3 Å². The van der Waals surface area contributed by atoms with Crippen LogP contribution in [0.25, 0.3) is 15.9 Å². The highest BCUT2D eigenvalue weighted by atomic mass is 32.1. The van der Waals surface area contributed by atoms with Crippen LogP contribution >= 0.6 is 11.3 Å². The minimum atomic E-state index is -4.79. The van der Waals surface area contributed by atoms with Gasteiger partial charge in [0.2, 0.25) is 0 Å². The number of carbonyl (C=O) groups is 1. The van der Waals surface area contributed by atoms with Gasteiger partial charge in [-0.15, -0.1) is 0 Å². The molecule has 0 atom stereocenters. The molecule has 0 aliphatic rings. The van der Waals surface area contributed by atoms with Crippen LogP contribution in [-0.2, 0) is 6.18 Å². The molecule has 0 saturated carbocycles. The van der Waals surface area contributed by atoms with Gasteiger partial charge < -0.3 is 4.74 Å². The zero-order chi connectivity index (χ0) is 22.2. The van der Waals surface area contributed by atoms with Gasteiger partial charge in [-0.3, -0.25) is 10.1 Å². The second-order valence-electron chi connectivity index (χ2n) is 6.64. The zero-order valence-corrected chi connectivity index (χ0v) is 17.3. The molecule has 160 valence electrons. The Balaban J connectivity index is 1.69. The van der Waals surface area contributed by atoms with Gasteiger partial charge in [-0.1, -0.05) is 29.5 Å². The first kappa shape index (κ1) is 20.9. The highest BCUT2D eigenvalue weighted by molar-refractivity contribution is 7.22. The van der Waals surface area contributed by atoms with Gasteiger partial charge in [0, 0.05) is 0 Å². The standard InChI is InChI=1S/C21H17F3N4O2S/c1-3-30-13-8-9-15-17(10-13)31-20(26-15)27-19(29)14-11-25-28(18(14)21(22,23)24)16-7-5-4-6-12(16)2/h4-11H,3H2,1-2H3,(H,26,27,29). The zero-order valence-electron chi connectivity index (χ0n) is 16.5.